The zero-order valence-electron chi connectivity index (χ0n) is 13.1. The van der Waals surface area contributed by atoms with E-state index in [-0.39, 0.29) is 11.3 Å². The zero-order chi connectivity index (χ0) is 17.7. The van der Waals surface area contributed by atoms with Gasteiger partial charge in [-0.15, -0.1) is 0 Å². The van der Waals surface area contributed by atoms with Crippen molar-refractivity contribution in [3.8, 4) is 0 Å². The molecule has 2 aromatic rings. The number of esters is 1. The largest absolute Gasteiger partial charge is 0.465 e. The zero-order valence-corrected chi connectivity index (χ0v) is 13.8. The number of halogens is 2. The SMILES string of the molecule is COC(=O)/C(C=Nc1cc(F)ncc1C)=C(/N)c1ccccc1Cl. The number of aliphatic imine (C=N–C) groups is 1. The van der Waals surface area contributed by atoms with Crippen molar-refractivity contribution < 1.29 is 13.9 Å². The van der Waals surface area contributed by atoms with Crippen molar-refractivity contribution in [1.82, 2.24) is 4.98 Å². The van der Waals surface area contributed by atoms with E-state index >= 15 is 0 Å². The minimum absolute atomic E-state index is 0.0159. The molecule has 1 heterocycles. The van der Waals surface area contributed by atoms with E-state index in [9.17, 15) is 9.18 Å². The van der Waals surface area contributed by atoms with Crippen LogP contribution in [0.5, 0.6) is 0 Å². The van der Waals surface area contributed by atoms with E-state index in [1.807, 2.05) is 0 Å². The number of methoxy groups -OCH3 is 1. The number of nitrogens with two attached hydrogens (primary N) is 1. The average Bonchev–Trinajstić information content (AvgIpc) is 2.57. The molecule has 2 rings (SSSR count). The van der Waals surface area contributed by atoms with Crippen LogP contribution < -0.4 is 5.73 Å². The second-order valence-corrected chi connectivity index (χ2v) is 5.26. The highest BCUT2D eigenvalue weighted by molar-refractivity contribution is 6.33. The van der Waals surface area contributed by atoms with Gasteiger partial charge >= 0.3 is 5.97 Å². The maximum atomic E-state index is 13.2. The lowest BCUT2D eigenvalue weighted by Crippen LogP contribution is -2.13. The van der Waals surface area contributed by atoms with Gasteiger partial charge in [0.25, 0.3) is 0 Å². The maximum Gasteiger partial charge on any atom is 0.341 e. The molecule has 0 aliphatic heterocycles. The fourth-order valence-corrected chi connectivity index (χ4v) is 2.17. The smallest absolute Gasteiger partial charge is 0.341 e. The molecule has 0 atom stereocenters. The Labute approximate surface area is 143 Å². The van der Waals surface area contributed by atoms with Gasteiger partial charge in [-0.05, 0) is 18.6 Å². The van der Waals surface area contributed by atoms with Gasteiger partial charge in [-0.25, -0.2) is 9.78 Å². The lowest BCUT2D eigenvalue weighted by atomic mass is 10.1. The fourth-order valence-electron chi connectivity index (χ4n) is 1.93. The number of pyridine rings is 1. The first-order chi connectivity index (χ1) is 11.4. The molecular formula is C17H15ClFN3O2. The number of nitrogens with zero attached hydrogens (tertiary/aromatic N) is 2. The highest BCUT2D eigenvalue weighted by Gasteiger charge is 2.15. The summed E-state index contributed by atoms with van der Waals surface area (Å²) in [5.74, 6) is -1.35. The number of ether oxygens (including phenoxy) is 1. The number of hydrogen-bond acceptors (Lipinski definition) is 5. The molecule has 0 spiro atoms. The normalized spacial score (nSPS) is 12.2. The Hall–Kier alpha value is -2.73. The third-order valence-corrected chi connectivity index (χ3v) is 3.56. The van der Waals surface area contributed by atoms with Crippen LogP contribution >= 0.6 is 11.6 Å². The van der Waals surface area contributed by atoms with E-state index in [1.54, 1.807) is 31.2 Å². The minimum atomic E-state index is -0.677. The summed E-state index contributed by atoms with van der Waals surface area (Å²) in [6.07, 6.45) is 2.58. The molecule has 0 radical (unpaired) electrons. The first-order valence-corrected chi connectivity index (χ1v) is 7.31. The van der Waals surface area contributed by atoms with Gasteiger partial charge in [0.1, 0.15) is 5.57 Å². The van der Waals surface area contributed by atoms with Crippen LogP contribution in [-0.4, -0.2) is 24.3 Å². The second-order valence-electron chi connectivity index (χ2n) is 4.85. The van der Waals surface area contributed by atoms with Crippen molar-refractivity contribution >= 4 is 35.2 Å². The molecule has 0 aliphatic carbocycles. The summed E-state index contributed by atoms with van der Waals surface area (Å²) in [4.78, 5) is 19.7. The average molecular weight is 348 g/mol. The molecule has 5 nitrogen and oxygen atoms in total. The van der Waals surface area contributed by atoms with Crippen LogP contribution in [0.3, 0.4) is 0 Å². The fraction of sp³-hybridized carbons (Fsp3) is 0.118. The molecule has 7 heteroatoms. The van der Waals surface area contributed by atoms with Crippen LogP contribution in [0, 0.1) is 12.9 Å². The summed E-state index contributed by atoms with van der Waals surface area (Å²) in [6, 6.07) is 7.97. The molecule has 1 aromatic heterocycles. The lowest BCUT2D eigenvalue weighted by molar-refractivity contribution is -0.135. The topological polar surface area (TPSA) is 77.6 Å². The highest BCUT2D eigenvalue weighted by atomic mass is 35.5. The minimum Gasteiger partial charge on any atom is -0.465 e. The van der Waals surface area contributed by atoms with E-state index < -0.39 is 11.9 Å². The van der Waals surface area contributed by atoms with Crippen LogP contribution in [0.2, 0.25) is 5.02 Å². The number of aromatic nitrogens is 1. The maximum absolute atomic E-state index is 13.2. The molecule has 0 unspecified atom stereocenters. The number of aryl methyl sites for hydroxylation is 1. The van der Waals surface area contributed by atoms with Crippen molar-refractivity contribution in [2.75, 3.05) is 7.11 Å². The Kier molecular flexibility index (Phi) is 5.65. The third-order valence-electron chi connectivity index (χ3n) is 3.23. The van der Waals surface area contributed by atoms with Gasteiger partial charge in [-0.1, -0.05) is 29.8 Å². The molecule has 2 N–H and O–H groups in total. The molecule has 124 valence electrons. The van der Waals surface area contributed by atoms with Gasteiger partial charge in [0.15, 0.2) is 0 Å². The Morgan fingerprint density at radius 3 is 2.79 bits per heavy atom. The summed E-state index contributed by atoms with van der Waals surface area (Å²) in [5.41, 5.74) is 7.65. The van der Waals surface area contributed by atoms with E-state index in [0.717, 1.165) is 6.07 Å². The van der Waals surface area contributed by atoms with Crippen LogP contribution in [0.15, 0.2) is 47.1 Å². The Balaban J connectivity index is 2.52. The summed E-state index contributed by atoms with van der Waals surface area (Å²) >= 11 is 6.11. The van der Waals surface area contributed by atoms with Gasteiger partial charge in [-0.2, -0.15) is 4.39 Å². The first kappa shape index (κ1) is 17.6. The van der Waals surface area contributed by atoms with Crippen molar-refractivity contribution in [2.45, 2.75) is 6.92 Å². The molecule has 0 bridgehead atoms. The number of benzene rings is 1. The summed E-state index contributed by atoms with van der Waals surface area (Å²) < 4.78 is 18.0. The molecule has 0 saturated carbocycles. The molecule has 1 aromatic carbocycles. The van der Waals surface area contributed by atoms with Crippen LogP contribution in [0.4, 0.5) is 10.1 Å². The van der Waals surface area contributed by atoms with Gasteiger partial charge in [0.2, 0.25) is 5.95 Å². The van der Waals surface area contributed by atoms with Crippen molar-refractivity contribution in [2.24, 2.45) is 10.7 Å². The molecule has 0 fully saturated rings. The molecule has 24 heavy (non-hydrogen) atoms. The predicted molar refractivity (Wildman–Crippen MR) is 91.7 cm³/mol. The number of rotatable bonds is 4. The van der Waals surface area contributed by atoms with E-state index in [2.05, 4.69) is 9.98 Å². The van der Waals surface area contributed by atoms with Gasteiger partial charge in [-0.3, -0.25) is 4.99 Å². The Morgan fingerprint density at radius 2 is 2.12 bits per heavy atom. The van der Waals surface area contributed by atoms with E-state index in [4.69, 9.17) is 22.1 Å². The Bertz CT molecular complexity index is 834. The lowest BCUT2D eigenvalue weighted by Gasteiger charge is -2.08. The monoisotopic (exact) mass is 347 g/mol. The first-order valence-electron chi connectivity index (χ1n) is 6.93. The van der Waals surface area contributed by atoms with Crippen LogP contribution in [0.1, 0.15) is 11.1 Å². The molecular weight excluding hydrogens is 333 g/mol. The van der Waals surface area contributed by atoms with Crippen molar-refractivity contribution in [3.05, 3.63) is 64.2 Å². The third kappa shape index (κ3) is 3.97. The van der Waals surface area contributed by atoms with E-state index in [0.29, 0.717) is 21.8 Å². The number of carbonyl (C=O) groups excluding carboxylic acids is 1. The van der Waals surface area contributed by atoms with Gasteiger partial charge < -0.3 is 10.5 Å². The standard InChI is InChI=1S/C17H15ClFN3O2/c1-10-8-22-15(19)7-14(10)21-9-12(17(23)24-2)16(20)11-5-3-4-6-13(11)18/h3-9H,20H2,1-2H3/b16-12+,21-9?. The van der Waals surface area contributed by atoms with Gasteiger partial charge in [0, 0.05) is 29.1 Å². The van der Waals surface area contributed by atoms with Gasteiger partial charge in [0.05, 0.1) is 18.5 Å². The highest BCUT2D eigenvalue weighted by Crippen LogP contribution is 2.24. The molecule has 0 amide bonds. The summed E-state index contributed by atoms with van der Waals surface area (Å²) in [5, 5.41) is 0.385. The van der Waals surface area contributed by atoms with Crippen LogP contribution in [0.25, 0.3) is 5.70 Å². The predicted octanol–water partition coefficient (Wildman–Crippen LogP) is 3.43. The summed E-state index contributed by atoms with van der Waals surface area (Å²) in [7, 11) is 1.23. The Morgan fingerprint density at radius 1 is 1.42 bits per heavy atom. The van der Waals surface area contributed by atoms with Crippen molar-refractivity contribution in [1.29, 1.82) is 0 Å². The molecule has 0 saturated heterocycles. The van der Waals surface area contributed by atoms with E-state index in [1.165, 1.54) is 19.5 Å². The number of hydrogen-bond donors (Lipinski definition) is 1. The second kappa shape index (κ2) is 7.70. The summed E-state index contributed by atoms with van der Waals surface area (Å²) in [6.45, 7) is 1.72. The number of carbonyl (C=O) groups is 1. The molecule has 0 aliphatic rings. The van der Waals surface area contributed by atoms with Crippen LogP contribution in [-0.2, 0) is 9.53 Å². The quantitative estimate of drug-likeness (QED) is 0.398. The van der Waals surface area contributed by atoms with Crippen molar-refractivity contribution in [3.63, 3.8) is 0 Å².